The van der Waals surface area contributed by atoms with Gasteiger partial charge in [-0.15, -0.1) is 0 Å². The third kappa shape index (κ3) is 6.04. The molecule has 1 aromatic rings. The third-order valence-electron chi connectivity index (χ3n) is 3.18. The highest BCUT2D eigenvalue weighted by Gasteiger charge is 2.21. The van der Waals surface area contributed by atoms with Crippen molar-refractivity contribution in [2.75, 3.05) is 13.6 Å². The molecular weight excluding hydrogens is 271 g/mol. The van der Waals surface area contributed by atoms with Crippen molar-refractivity contribution < 1.29 is 14.0 Å². The lowest BCUT2D eigenvalue weighted by Crippen LogP contribution is -2.46. The maximum absolute atomic E-state index is 13.1. The van der Waals surface area contributed by atoms with Gasteiger partial charge in [0.15, 0.2) is 5.78 Å². The summed E-state index contributed by atoms with van der Waals surface area (Å²) < 4.78 is 13.1. The first-order valence-corrected chi connectivity index (χ1v) is 7.02. The van der Waals surface area contributed by atoms with Crippen LogP contribution in [0.5, 0.6) is 0 Å². The second-order valence-electron chi connectivity index (χ2n) is 5.70. The van der Waals surface area contributed by atoms with E-state index in [-0.39, 0.29) is 30.0 Å². The van der Waals surface area contributed by atoms with Crippen molar-refractivity contribution in [3.63, 3.8) is 0 Å². The highest BCUT2D eigenvalue weighted by molar-refractivity contribution is 5.88. The number of likely N-dealkylation sites (N-methyl/N-ethyl adjacent to an activating group) is 1. The molecule has 0 saturated carbocycles. The van der Waals surface area contributed by atoms with E-state index in [1.54, 1.807) is 18.0 Å². The van der Waals surface area contributed by atoms with Crippen molar-refractivity contribution in [1.29, 1.82) is 0 Å². The number of nitrogens with one attached hydrogen (secondary N) is 1. The van der Waals surface area contributed by atoms with Crippen LogP contribution in [0.4, 0.5) is 4.39 Å². The molecule has 0 aliphatic carbocycles. The minimum absolute atomic E-state index is 0.0499. The number of halogens is 1. The van der Waals surface area contributed by atoms with Crippen LogP contribution >= 0.6 is 0 Å². The normalized spacial score (nSPS) is 12.5. The summed E-state index contributed by atoms with van der Waals surface area (Å²) in [6.07, 6.45) is 0. The molecule has 5 heteroatoms. The number of carbonyl (C=O) groups excluding carboxylic acids is 2. The molecule has 0 aromatic heterocycles. The zero-order valence-electron chi connectivity index (χ0n) is 13.0. The summed E-state index contributed by atoms with van der Waals surface area (Å²) in [5.41, 5.74) is 0.803. The van der Waals surface area contributed by atoms with E-state index in [1.165, 1.54) is 19.1 Å². The molecule has 116 valence electrons. The number of Topliss-reactive ketones (excluding diaryl/α,β-unsaturated/α-hetero) is 1. The first-order valence-electron chi connectivity index (χ1n) is 7.02. The van der Waals surface area contributed by atoms with Crippen LogP contribution in [0.2, 0.25) is 0 Å². The van der Waals surface area contributed by atoms with Crippen LogP contribution in [0.3, 0.4) is 0 Å². The SMILES string of the molecule is CC(=O)C(NC(=O)CN(C)Cc1cccc(F)c1)C(C)C. The Labute approximate surface area is 125 Å². The predicted octanol–water partition coefficient (Wildman–Crippen LogP) is 1.99. The Bertz CT molecular complexity index is 503. The molecule has 0 heterocycles. The molecule has 0 bridgehead atoms. The van der Waals surface area contributed by atoms with E-state index in [0.29, 0.717) is 6.54 Å². The summed E-state index contributed by atoms with van der Waals surface area (Å²) in [6, 6.07) is 5.82. The molecule has 21 heavy (non-hydrogen) atoms. The third-order valence-corrected chi connectivity index (χ3v) is 3.18. The topological polar surface area (TPSA) is 49.4 Å². The molecule has 0 aliphatic heterocycles. The summed E-state index contributed by atoms with van der Waals surface area (Å²) in [4.78, 5) is 25.2. The monoisotopic (exact) mass is 294 g/mol. The zero-order chi connectivity index (χ0) is 16.0. The molecule has 1 aromatic carbocycles. The van der Waals surface area contributed by atoms with Crippen LogP contribution in [-0.4, -0.2) is 36.2 Å². The predicted molar refractivity (Wildman–Crippen MR) is 80.2 cm³/mol. The maximum Gasteiger partial charge on any atom is 0.234 e. The van der Waals surface area contributed by atoms with Crippen molar-refractivity contribution in [3.05, 3.63) is 35.6 Å². The van der Waals surface area contributed by atoms with Crippen LogP contribution in [0.1, 0.15) is 26.3 Å². The minimum atomic E-state index is -0.458. The summed E-state index contributed by atoms with van der Waals surface area (Å²) in [6.45, 7) is 5.89. The lowest BCUT2D eigenvalue weighted by atomic mass is 10.0. The number of carbonyl (C=O) groups is 2. The Kier molecular flexibility index (Phi) is 6.49. The Morgan fingerprint density at radius 1 is 1.33 bits per heavy atom. The molecule has 1 amide bonds. The molecule has 0 saturated heterocycles. The Morgan fingerprint density at radius 2 is 2.00 bits per heavy atom. The van der Waals surface area contributed by atoms with Gasteiger partial charge in [-0.25, -0.2) is 4.39 Å². The average molecular weight is 294 g/mol. The molecule has 1 unspecified atom stereocenters. The molecule has 0 aliphatic rings. The molecule has 1 N–H and O–H groups in total. The lowest BCUT2D eigenvalue weighted by molar-refractivity contribution is -0.128. The number of rotatable bonds is 7. The molecule has 4 nitrogen and oxygen atoms in total. The first-order chi connectivity index (χ1) is 9.79. The number of hydrogen-bond acceptors (Lipinski definition) is 3. The summed E-state index contributed by atoms with van der Waals surface area (Å²) in [7, 11) is 1.78. The zero-order valence-corrected chi connectivity index (χ0v) is 13.0. The van der Waals surface area contributed by atoms with E-state index in [2.05, 4.69) is 5.32 Å². The van der Waals surface area contributed by atoms with Gasteiger partial charge in [0.25, 0.3) is 0 Å². The fraction of sp³-hybridized carbons (Fsp3) is 0.500. The van der Waals surface area contributed by atoms with Crippen LogP contribution in [0.15, 0.2) is 24.3 Å². The fourth-order valence-electron chi connectivity index (χ4n) is 2.20. The van der Waals surface area contributed by atoms with Gasteiger partial charge in [0.1, 0.15) is 5.82 Å². The molecule has 1 rings (SSSR count). The van der Waals surface area contributed by atoms with Gasteiger partial charge in [-0.1, -0.05) is 26.0 Å². The van der Waals surface area contributed by atoms with Gasteiger partial charge in [0.2, 0.25) is 5.91 Å². The van der Waals surface area contributed by atoms with Gasteiger partial charge in [-0.3, -0.25) is 14.5 Å². The fourth-order valence-corrected chi connectivity index (χ4v) is 2.20. The number of hydrogen-bond donors (Lipinski definition) is 1. The van der Waals surface area contributed by atoms with Crippen LogP contribution in [-0.2, 0) is 16.1 Å². The number of amides is 1. The molecular formula is C16H23FN2O2. The quantitative estimate of drug-likeness (QED) is 0.836. The Hall–Kier alpha value is -1.75. The van der Waals surface area contributed by atoms with Crippen LogP contribution in [0.25, 0.3) is 0 Å². The van der Waals surface area contributed by atoms with E-state index in [0.717, 1.165) is 5.56 Å². The largest absolute Gasteiger partial charge is 0.345 e. The van der Waals surface area contributed by atoms with Gasteiger partial charge < -0.3 is 5.32 Å². The second kappa shape index (κ2) is 7.88. The summed E-state index contributed by atoms with van der Waals surface area (Å²) in [5, 5.41) is 2.74. The van der Waals surface area contributed by atoms with Crippen molar-refractivity contribution in [2.45, 2.75) is 33.4 Å². The van der Waals surface area contributed by atoms with Gasteiger partial charge in [-0.05, 0) is 37.6 Å². The van der Waals surface area contributed by atoms with Crippen LogP contribution < -0.4 is 5.32 Å². The van der Waals surface area contributed by atoms with Crippen molar-refractivity contribution in [1.82, 2.24) is 10.2 Å². The highest BCUT2D eigenvalue weighted by atomic mass is 19.1. The van der Waals surface area contributed by atoms with Crippen molar-refractivity contribution in [3.8, 4) is 0 Å². The van der Waals surface area contributed by atoms with Gasteiger partial charge in [0, 0.05) is 6.54 Å². The standard InChI is InChI=1S/C16H23FN2O2/c1-11(2)16(12(3)20)18-15(21)10-19(4)9-13-6-5-7-14(17)8-13/h5-8,11,16H,9-10H2,1-4H3,(H,18,21). The second-order valence-corrected chi connectivity index (χ2v) is 5.70. The Morgan fingerprint density at radius 3 is 2.52 bits per heavy atom. The summed E-state index contributed by atoms with van der Waals surface area (Å²) >= 11 is 0. The number of benzene rings is 1. The summed E-state index contributed by atoms with van der Waals surface area (Å²) in [5.74, 6) is -0.490. The Balaban J connectivity index is 2.52. The van der Waals surface area contributed by atoms with Crippen LogP contribution in [0, 0.1) is 11.7 Å². The highest BCUT2D eigenvalue weighted by Crippen LogP contribution is 2.06. The van der Waals surface area contributed by atoms with Crippen molar-refractivity contribution in [2.24, 2.45) is 5.92 Å². The van der Waals surface area contributed by atoms with E-state index >= 15 is 0 Å². The lowest BCUT2D eigenvalue weighted by Gasteiger charge is -2.22. The molecule has 1 atom stereocenters. The molecule has 0 radical (unpaired) electrons. The van der Waals surface area contributed by atoms with Gasteiger partial charge in [0.05, 0.1) is 12.6 Å². The van der Waals surface area contributed by atoms with E-state index in [4.69, 9.17) is 0 Å². The molecule has 0 spiro atoms. The number of ketones is 1. The van der Waals surface area contributed by atoms with E-state index in [9.17, 15) is 14.0 Å². The van der Waals surface area contributed by atoms with E-state index in [1.807, 2.05) is 19.9 Å². The van der Waals surface area contributed by atoms with E-state index < -0.39 is 6.04 Å². The smallest absolute Gasteiger partial charge is 0.234 e. The first kappa shape index (κ1) is 17.3. The average Bonchev–Trinajstić information content (AvgIpc) is 2.34. The van der Waals surface area contributed by atoms with Gasteiger partial charge >= 0.3 is 0 Å². The molecule has 0 fully saturated rings. The maximum atomic E-state index is 13.1. The van der Waals surface area contributed by atoms with Gasteiger partial charge in [-0.2, -0.15) is 0 Å². The van der Waals surface area contributed by atoms with Crippen molar-refractivity contribution >= 4 is 11.7 Å². The minimum Gasteiger partial charge on any atom is -0.345 e. The number of nitrogens with zero attached hydrogens (tertiary/aromatic N) is 1.